The predicted molar refractivity (Wildman–Crippen MR) is 52.5 cm³/mol. The lowest BCUT2D eigenvalue weighted by atomic mass is 10.1. The van der Waals surface area contributed by atoms with Crippen LogP contribution in [0.4, 0.5) is 0 Å². The molecular formula is C10H16N2O. The number of aliphatic hydroxyl groups excluding tert-OH is 1. The lowest BCUT2D eigenvalue weighted by Crippen LogP contribution is -2.20. The van der Waals surface area contributed by atoms with Gasteiger partial charge in [-0.3, -0.25) is 4.98 Å². The molecule has 1 atom stereocenters. The Kier molecular flexibility index (Phi) is 3.39. The Morgan fingerprint density at radius 1 is 1.54 bits per heavy atom. The average molecular weight is 180 g/mol. The first-order chi connectivity index (χ1) is 6.11. The van der Waals surface area contributed by atoms with Crippen LogP contribution in [0.2, 0.25) is 0 Å². The van der Waals surface area contributed by atoms with E-state index in [2.05, 4.69) is 4.98 Å². The molecule has 0 aliphatic rings. The van der Waals surface area contributed by atoms with Gasteiger partial charge in [0.2, 0.25) is 0 Å². The zero-order valence-corrected chi connectivity index (χ0v) is 8.36. The zero-order chi connectivity index (χ0) is 9.84. The van der Waals surface area contributed by atoms with Crippen LogP contribution in [0.1, 0.15) is 17.2 Å². The van der Waals surface area contributed by atoms with Crippen LogP contribution in [0.5, 0.6) is 0 Å². The molecule has 1 N–H and O–H groups in total. The number of nitrogens with zero attached hydrogens (tertiary/aromatic N) is 2. The van der Waals surface area contributed by atoms with E-state index >= 15 is 0 Å². The van der Waals surface area contributed by atoms with E-state index in [1.165, 1.54) is 0 Å². The monoisotopic (exact) mass is 180 g/mol. The van der Waals surface area contributed by atoms with Crippen molar-refractivity contribution in [3.05, 3.63) is 29.6 Å². The second-order valence-electron chi connectivity index (χ2n) is 3.51. The number of pyridine rings is 1. The minimum Gasteiger partial charge on any atom is -0.387 e. The van der Waals surface area contributed by atoms with Crippen molar-refractivity contribution in [3.63, 3.8) is 0 Å². The summed E-state index contributed by atoms with van der Waals surface area (Å²) in [4.78, 5) is 5.95. The van der Waals surface area contributed by atoms with Gasteiger partial charge in [-0.05, 0) is 32.6 Å². The molecule has 72 valence electrons. The van der Waals surface area contributed by atoms with Crippen LogP contribution in [-0.4, -0.2) is 35.6 Å². The van der Waals surface area contributed by atoms with Crippen molar-refractivity contribution in [2.24, 2.45) is 0 Å². The summed E-state index contributed by atoms with van der Waals surface area (Å²) in [6, 6.07) is 1.91. The van der Waals surface area contributed by atoms with Gasteiger partial charge in [0.15, 0.2) is 0 Å². The van der Waals surface area contributed by atoms with Crippen LogP contribution in [0, 0.1) is 6.92 Å². The van der Waals surface area contributed by atoms with E-state index in [0.717, 1.165) is 11.1 Å². The number of hydrogen-bond acceptors (Lipinski definition) is 3. The number of likely N-dealkylation sites (N-methyl/N-ethyl adjacent to an activating group) is 1. The molecule has 0 bridgehead atoms. The summed E-state index contributed by atoms with van der Waals surface area (Å²) >= 11 is 0. The number of aryl methyl sites for hydroxylation is 1. The Morgan fingerprint density at radius 2 is 2.23 bits per heavy atom. The van der Waals surface area contributed by atoms with Crippen LogP contribution in [0.15, 0.2) is 18.5 Å². The van der Waals surface area contributed by atoms with Crippen molar-refractivity contribution < 1.29 is 5.11 Å². The smallest absolute Gasteiger partial charge is 0.0934 e. The third-order valence-corrected chi connectivity index (χ3v) is 1.98. The van der Waals surface area contributed by atoms with E-state index in [-0.39, 0.29) is 0 Å². The summed E-state index contributed by atoms with van der Waals surface area (Å²) in [5.41, 5.74) is 2.00. The highest BCUT2D eigenvalue weighted by molar-refractivity contribution is 5.23. The molecule has 3 nitrogen and oxygen atoms in total. The Morgan fingerprint density at radius 3 is 2.77 bits per heavy atom. The highest BCUT2D eigenvalue weighted by Gasteiger charge is 2.10. The largest absolute Gasteiger partial charge is 0.387 e. The maximum atomic E-state index is 9.79. The zero-order valence-electron chi connectivity index (χ0n) is 8.36. The average Bonchev–Trinajstić information content (AvgIpc) is 2.03. The molecule has 0 fully saturated rings. The highest BCUT2D eigenvalue weighted by Crippen LogP contribution is 2.15. The van der Waals surface area contributed by atoms with Gasteiger partial charge in [0.1, 0.15) is 0 Å². The molecule has 3 heteroatoms. The van der Waals surface area contributed by atoms with Crippen LogP contribution in [-0.2, 0) is 0 Å². The van der Waals surface area contributed by atoms with Crippen molar-refractivity contribution in [1.29, 1.82) is 0 Å². The van der Waals surface area contributed by atoms with E-state index in [1.807, 2.05) is 32.0 Å². The first-order valence-corrected chi connectivity index (χ1v) is 4.34. The van der Waals surface area contributed by atoms with Gasteiger partial charge < -0.3 is 10.0 Å². The van der Waals surface area contributed by atoms with Crippen LogP contribution < -0.4 is 0 Å². The van der Waals surface area contributed by atoms with E-state index in [4.69, 9.17) is 0 Å². The SMILES string of the molecule is Cc1ccncc1C(O)CN(C)C. The third-order valence-electron chi connectivity index (χ3n) is 1.98. The number of aromatic nitrogens is 1. The Labute approximate surface area is 79.0 Å². The minimum absolute atomic E-state index is 0.441. The van der Waals surface area contributed by atoms with Gasteiger partial charge >= 0.3 is 0 Å². The first-order valence-electron chi connectivity index (χ1n) is 4.34. The summed E-state index contributed by atoms with van der Waals surface area (Å²) in [5.74, 6) is 0. The van der Waals surface area contributed by atoms with Gasteiger partial charge in [0.05, 0.1) is 6.10 Å². The summed E-state index contributed by atoms with van der Waals surface area (Å²) in [5, 5.41) is 9.79. The van der Waals surface area contributed by atoms with Gasteiger partial charge in [-0.2, -0.15) is 0 Å². The number of aliphatic hydroxyl groups is 1. The molecule has 1 heterocycles. The van der Waals surface area contributed by atoms with Gasteiger partial charge in [0.25, 0.3) is 0 Å². The summed E-state index contributed by atoms with van der Waals surface area (Å²) in [6.07, 6.45) is 3.02. The molecule has 1 aromatic heterocycles. The van der Waals surface area contributed by atoms with Gasteiger partial charge in [-0.15, -0.1) is 0 Å². The molecule has 0 amide bonds. The van der Waals surface area contributed by atoms with Gasteiger partial charge in [0, 0.05) is 24.5 Å². The third kappa shape index (κ3) is 2.79. The fourth-order valence-electron chi connectivity index (χ4n) is 1.27. The maximum absolute atomic E-state index is 9.79. The van der Waals surface area contributed by atoms with Crippen LogP contribution >= 0.6 is 0 Å². The predicted octanol–water partition coefficient (Wildman–Crippen LogP) is 0.985. The molecule has 0 aliphatic carbocycles. The summed E-state index contributed by atoms with van der Waals surface area (Å²) in [7, 11) is 3.88. The molecule has 1 rings (SSSR count). The first kappa shape index (κ1) is 10.2. The molecule has 0 radical (unpaired) electrons. The Hall–Kier alpha value is -0.930. The number of hydrogen-bond donors (Lipinski definition) is 1. The molecule has 0 spiro atoms. The standard InChI is InChI=1S/C10H16N2O/c1-8-4-5-11-6-9(8)10(13)7-12(2)3/h4-6,10,13H,7H2,1-3H3. The fraction of sp³-hybridized carbons (Fsp3) is 0.500. The second-order valence-corrected chi connectivity index (χ2v) is 3.51. The van der Waals surface area contributed by atoms with E-state index in [9.17, 15) is 5.11 Å². The van der Waals surface area contributed by atoms with Crippen LogP contribution in [0.3, 0.4) is 0 Å². The van der Waals surface area contributed by atoms with Crippen molar-refractivity contribution in [2.75, 3.05) is 20.6 Å². The van der Waals surface area contributed by atoms with Gasteiger partial charge in [-0.1, -0.05) is 0 Å². The van der Waals surface area contributed by atoms with E-state index < -0.39 is 6.10 Å². The highest BCUT2D eigenvalue weighted by atomic mass is 16.3. The molecule has 0 aromatic carbocycles. The fourth-order valence-corrected chi connectivity index (χ4v) is 1.27. The van der Waals surface area contributed by atoms with Crippen molar-refractivity contribution >= 4 is 0 Å². The molecule has 1 unspecified atom stereocenters. The Balaban J connectivity index is 2.76. The second kappa shape index (κ2) is 4.35. The van der Waals surface area contributed by atoms with Crippen molar-refractivity contribution in [3.8, 4) is 0 Å². The van der Waals surface area contributed by atoms with Gasteiger partial charge in [-0.25, -0.2) is 0 Å². The lowest BCUT2D eigenvalue weighted by Gasteiger charge is -2.17. The molecule has 1 aromatic rings. The van der Waals surface area contributed by atoms with Crippen LogP contribution in [0.25, 0.3) is 0 Å². The topological polar surface area (TPSA) is 36.4 Å². The molecule has 0 saturated heterocycles. The lowest BCUT2D eigenvalue weighted by molar-refractivity contribution is 0.137. The minimum atomic E-state index is -0.441. The molecule has 0 aliphatic heterocycles. The normalized spacial score (nSPS) is 13.3. The number of rotatable bonds is 3. The maximum Gasteiger partial charge on any atom is 0.0934 e. The summed E-state index contributed by atoms with van der Waals surface area (Å²) < 4.78 is 0. The van der Waals surface area contributed by atoms with Crippen molar-refractivity contribution in [2.45, 2.75) is 13.0 Å². The van der Waals surface area contributed by atoms with E-state index in [1.54, 1.807) is 12.4 Å². The molecule has 13 heavy (non-hydrogen) atoms. The summed E-state index contributed by atoms with van der Waals surface area (Å²) in [6.45, 7) is 2.61. The van der Waals surface area contributed by atoms with Crippen molar-refractivity contribution in [1.82, 2.24) is 9.88 Å². The van der Waals surface area contributed by atoms with E-state index in [0.29, 0.717) is 6.54 Å². The quantitative estimate of drug-likeness (QED) is 0.753. The molecule has 0 saturated carbocycles. The molecular weight excluding hydrogens is 164 g/mol. The Bertz CT molecular complexity index is 273.